The summed E-state index contributed by atoms with van der Waals surface area (Å²) in [6.07, 6.45) is 0. The molecule has 18 heavy (non-hydrogen) atoms. The number of benzene rings is 1. The van der Waals surface area contributed by atoms with Crippen LogP contribution in [0.5, 0.6) is 0 Å². The lowest BCUT2D eigenvalue weighted by atomic mass is 10.00. The van der Waals surface area contributed by atoms with Crippen molar-refractivity contribution in [3.05, 3.63) is 29.8 Å². The van der Waals surface area contributed by atoms with Crippen molar-refractivity contribution in [3.63, 3.8) is 0 Å². The van der Waals surface area contributed by atoms with Gasteiger partial charge in [0, 0.05) is 32.4 Å². The maximum atomic E-state index is 12.5. The van der Waals surface area contributed by atoms with Crippen LogP contribution in [0, 0.1) is 0 Å². The van der Waals surface area contributed by atoms with E-state index in [2.05, 4.69) is 5.32 Å². The molecule has 0 saturated carbocycles. The third-order valence-electron chi connectivity index (χ3n) is 3.39. The van der Waals surface area contributed by atoms with Gasteiger partial charge in [0.2, 0.25) is 5.91 Å². The molecule has 4 heteroatoms. The van der Waals surface area contributed by atoms with Crippen LogP contribution >= 0.6 is 0 Å². The number of methoxy groups -OCH3 is 1. The summed E-state index contributed by atoms with van der Waals surface area (Å²) in [7, 11) is 1.66. The van der Waals surface area contributed by atoms with Crippen LogP contribution in [0.2, 0.25) is 0 Å². The van der Waals surface area contributed by atoms with Gasteiger partial charge in [0.05, 0.1) is 12.5 Å². The van der Waals surface area contributed by atoms with E-state index in [0.717, 1.165) is 17.8 Å². The zero-order valence-corrected chi connectivity index (χ0v) is 11.0. The molecule has 1 amide bonds. The van der Waals surface area contributed by atoms with E-state index in [1.54, 1.807) is 7.11 Å². The average molecular weight is 248 g/mol. The summed E-state index contributed by atoms with van der Waals surface area (Å²) in [5, 5.41) is 3.29. The van der Waals surface area contributed by atoms with Crippen molar-refractivity contribution in [2.45, 2.75) is 12.8 Å². The number of nitrogens with one attached hydrogen (secondary N) is 1. The first-order valence-electron chi connectivity index (χ1n) is 6.38. The van der Waals surface area contributed by atoms with Crippen molar-refractivity contribution in [1.29, 1.82) is 0 Å². The monoisotopic (exact) mass is 248 g/mol. The van der Waals surface area contributed by atoms with Crippen molar-refractivity contribution in [3.8, 4) is 0 Å². The predicted molar refractivity (Wildman–Crippen MR) is 71.8 cm³/mol. The molecule has 98 valence electrons. The van der Waals surface area contributed by atoms with Gasteiger partial charge in [0.25, 0.3) is 0 Å². The number of nitrogens with zero attached hydrogens (tertiary/aromatic N) is 1. The number of ether oxygens (including phenoxy) is 1. The van der Waals surface area contributed by atoms with Crippen LogP contribution < -0.4 is 5.32 Å². The molecule has 0 bridgehead atoms. The highest BCUT2D eigenvalue weighted by Gasteiger charge is 2.30. The summed E-state index contributed by atoms with van der Waals surface area (Å²) in [6, 6.07) is 8.02. The summed E-state index contributed by atoms with van der Waals surface area (Å²) in [6.45, 7) is 4.66. The summed E-state index contributed by atoms with van der Waals surface area (Å²) < 4.78 is 5.05. The molecule has 0 fully saturated rings. The summed E-state index contributed by atoms with van der Waals surface area (Å²) >= 11 is 0. The molecule has 0 saturated heterocycles. The Kier molecular flexibility index (Phi) is 4.20. The van der Waals surface area contributed by atoms with Gasteiger partial charge in [-0.15, -0.1) is 0 Å². The van der Waals surface area contributed by atoms with Crippen molar-refractivity contribution in [2.24, 2.45) is 0 Å². The molecule has 1 aromatic rings. The quantitative estimate of drug-likeness (QED) is 0.862. The van der Waals surface area contributed by atoms with Crippen LogP contribution in [0.15, 0.2) is 24.3 Å². The highest BCUT2D eigenvalue weighted by molar-refractivity contribution is 5.88. The molecular weight excluding hydrogens is 228 g/mol. The molecule has 1 aromatic carbocycles. The van der Waals surface area contributed by atoms with Crippen LogP contribution in [0.3, 0.4) is 0 Å². The number of hydrogen-bond donors (Lipinski definition) is 1. The number of carbonyl (C=O) groups is 1. The zero-order valence-electron chi connectivity index (χ0n) is 11.0. The molecule has 1 unspecified atom stereocenters. The van der Waals surface area contributed by atoms with Crippen LogP contribution in [-0.2, 0) is 9.53 Å². The van der Waals surface area contributed by atoms with Gasteiger partial charge in [0.1, 0.15) is 0 Å². The number of para-hydroxylation sites is 1. The second kappa shape index (κ2) is 5.87. The molecule has 0 aromatic heterocycles. The number of anilines is 1. The van der Waals surface area contributed by atoms with E-state index in [4.69, 9.17) is 4.74 Å². The normalized spacial score (nSPS) is 17.1. The highest BCUT2D eigenvalue weighted by atomic mass is 16.5. The molecular formula is C14H20N2O2. The molecule has 1 N–H and O–H groups in total. The fourth-order valence-electron chi connectivity index (χ4n) is 2.35. The van der Waals surface area contributed by atoms with Crippen molar-refractivity contribution < 1.29 is 9.53 Å². The molecule has 0 radical (unpaired) electrons. The fraction of sp³-hybridized carbons (Fsp3) is 0.500. The summed E-state index contributed by atoms with van der Waals surface area (Å²) in [5.41, 5.74) is 2.19. The minimum absolute atomic E-state index is 0.0574. The smallest absolute Gasteiger partial charge is 0.232 e. The van der Waals surface area contributed by atoms with Gasteiger partial charge in [-0.25, -0.2) is 0 Å². The standard InChI is InChI=1S/C14H20N2O2/c1-3-16(8-9-18-2)14(17)12-10-15-13-7-5-4-6-11(12)13/h4-7,12,15H,3,8-10H2,1-2H3. The van der Waals surface area contributed by atoms with Crippen LogP contribution in [0.1, 0.15) is 18.4 Å². The number of hydrogen-bond acceptors (Lipinski definition) is 3. The molecule has 1 heterocycles. The third-order valence-corrected chi connectivity index (χ3v) is 3.39. The molecule has 0 spiro atoms. The Hall–Kier alpha value is -1.55. The van der Waals surface area contributed by atoms with E-state index in [1.807, 2.05) is 36.1 Å². The second-order valence-electron chi connectivity index (χ2n) is 4.43. The first-order chi connectivity index (χ1) is 8.77. The number of rotatable bonds is 5. The average Bonchev–Trinajstić information content (AvgIpc) is 2.83. The van der Waals surface area contributed by atoms with Gasteiger partial charge in [-0.05, 0) is 18.6 Å². The van der Waals surface area contributed by atoms with Crippen LogP contribution in [0.25, 0.3) is 0 Å². The first kappa shape index (κ1) is 12.9. The number of amides is 1. The maximum absolute atomic E-state index is 12.5. The SMILES string of the molecule is CCN(CCOC)C(=O)C1CNc2ccccc21. The van der Waals surface area contributed by atoms with Gasteiger partial charge in [0.15, 0.2) is 0 Å². The van der Waals surface area contributed by atoms with Gasteiger partial charge >= 0.3 is 0 Å². The Morgan fingerprint density at radius 3 is 3.00 bits per heavy atom. The van der Waals surface area contributed by atoms with E-state index >= 15 is 0 Å². The number of carbonyl (C=O) groups excluding carboxylic acids is 1. The third kappa shape index (κ3) is 2.48. The van der Waals surface area contributed by atoms with Gasteiger partial charge in [-0.2, -0.15) is 0 Å². The zero-order chi connectivity index (χ0) is 13.0. The highest BCUT2D eigenvalue weighted by Crippen LogP contribution is 2.32. The van der Waals surface area contributed by atoms with E-state index in [0.29, 0.717) is 19.7 Å². The molecule has 1 aliphatic rings. The van der Waals surface area contributed by atoms with Crippen molar-refractivity contribution in [2.75, 3.05) is 38.7 Å². The van der Waals surface area contributed by atoms with Crippen LogP contribution in [-0.4, -0.2) is 44.2 Å². The van der Waals surface area contributed by atoms with Gasteiger partial charge in [-0.3, -0.25) is 4.79 Å². The Morgan fingerprint density at radius 2 is 2.28 bits per heavy atom. The van der Waals surface area contributed by atoms with Gasteiger partial charge < -0.3 is 15.0 Å². The largest absolute Gasteiger partial charge is 0.384 e. The molecule has 4 nitrogen and oxygen atoms in total. The Morgan fingerprint density at radius 1 is 1.50 bits per heavy atom. The lowest BCUT2D eigenvalue weighted by Gasteiger charge is -2.23. The first-order valence-corrected chi connectivity index (χ1v) is 6.38. The van der Waals surface area contributed by atoms with Gasteiger partial charge in [-0.1, -0.05) is 18.2 Å². The predicted octanol–water partition coefficient (Wildman–Crippen LogP) is 1.69. The van der Waals surface area contributed by atoms with Crippen LogP contribution in [0.4, 0.5) is 5.69 Å². The number of likely N-dealkylation sites (N-methyl/N-ethyl adjacent to an activating group) is 1. The van der Waals surface area contributed by atoms with Crippen molar-refractivity contribution >= 4 is 11.6 Å². The van der Waals surface area contributed by atoms with Crippen molar-refractivity contribution in [1.82, 2.24) is 4.90 Å². The summed E-state index contributed by atoms with van der Waals surface area (Å²) in [4.78, 5) is 14.3. The van der Waals surface area contributed by atoms with E-state index in [1.165, 1.54) is 0 Å². The molecule has 2 rings (SSSR count). The van der Waals surface area contributed by atoms with E-state index in [9.17, 15) is 4.79 Å². The lowest BCUT2D eigenvalue weighted by Crippen LogP contribution is -2.37. The topological polar surface area (TPSA) is 41.6 Å². The fourth-order valence-corrected chi connectivity index (χ4v) is 2.35. The second-order valence-corrected chi connectivity index (χ2v) is 4.43. The van der Waals surface area contributed by atoms with E-state index < -0.39 is 0 Å². The van der Waals surface area contributed by atoms with E-state index in [-0.39, 0.29) is 11.8 Å². The molecule has 1 aliphatic heterocycles. The Labute approximate surface area is 108 Å². The minimum Gasteiger partial charge on any atom is -0.384 e. The Bertz CT molecular complexity index is 420. The minimum atomic E-state index is -0.0574. The molecule has 0 aliphatic carbocycles. The molecule has 1 atom stereocenters. The number of fused-ring (bicyclic) bond motifs is 1. The lowest BCUT2D eigenvalue weighted by molar-refractivity contribution is -0.132. The maximum Gasteiger partial charge on any atom is 0.232 e. The Balaban J connectivity index is 2.10. The summed E-state index contributed by atoms with van der Waals surface area (Å²) in [5.74, 6) is 0.130.